The molecule has 0 aliphatic heterocycles. The maximum Gasteiger partial charge on any atom is 0.191 e. The van der Waals surface area contributed by atoms with Gasteiger partial charge in [-0.2, -0.15) is 0 Å². The Morgan fingerprint density at radius 1 is 1.39 bits per heavy atom. The Bertz CT molecular complexity index is 489. The highest BCUT2D eigenvalue weighted by Gasteiger charge is 2.34. The number of nitrogens with zero attached hydrogens (tertiary/aromatic N) is 2. The molecular weight excluding hydrogens is 419 g/mol. The molecule has 2 rings (SSSR count). The Morgan fingerprint density at radius 2 is 2.13 bits per heavy atom. The van der Waals surface area contributed by atoms with E-state index in [4.69, 9.17) is 0 Å². The van der Waals surface area contributed by atoms with Crippen LogP contribution in [0.2, 0.25) is 0 Å². The molecule has 0 unspecified atom stereocenters. The smallest absolute Gasteiger partial charge is 0.191 e. The number of aromatic nitrogens is 1. The van der Waals surface area contributed by atoms with Crippen molar-refractivity contribution in [3.8, 4) is 0 Å². The molecule has 23 heavy (non-hydrogen) atoms. The van der Waals surface area contributed by atoms with Gasteiger partial charge in [0.2, 0.25) is 0 Å². The van der Waals surface area contributed by atoms with E-state index in [2.05, 4.69) is 41.4 Å². The monoisotopic (exact) mass is 450 g/mol. The molecule has 6 heteroatoms. The molecule has 1 aliphatic rings. The van der Waals surface area contributed by atoms with Gasteiger partial charge in [-0.25, -0.2) is 4.98 Å². The van der Waals surface area contributed by atoms with Gasteiger partial charge < -0.3 is 10.6 Å². The number of aliphatic imine (C=N–C) groups is 1. The average molecular weight is 450 g/mol. The van der Waals surface area contributed by atoms with Crippen LogP contribution in [0, 0.1) is 11.3 Å². The van der Waals surface area contributed by atoms with Crippen LogP contribution in [-0.4, -0.2) is 24.5 Å². The molecule has 1 aromatic heterocycles. The Kier molecular flexibility index (Phi) is 8.82. The highest BCUT2D eigenvalue weighted by atomic mass is 127. The normalized spacial score (nSPS) is 16.7. The summed E-state index contributed by atoms with van der Waals surface area (Å²) in [6, 6.07) is 0. The first-order valence-electron chi connectivity index (χ1n) is 8.45. The first-order valence-corrected chi connectivity index (χ1v) is 9.26. The molecule has 0 atom stereocenters. The molecule has 0 saturated heterocycles. The predicted molar refractivity (Wildman–Crippen MR) is 111 cm³/mol. The summed E-state index contributed by atoms with van der Waals surface area (Å²) in [6.07, 6.45) is 8.38. The third-order valence-electron chi connectivity index (χ3n) is 4.63. The third-order valence-corrected chi connectivity index (χ3v) is 5.65. The lowest BCUT2D eigenvalue weighted by Gasteiger charge is -2.41. The van der Waals surface area contributed by atoms with Crippen molar-refractivity contribution < 1.29 is 0 Å². The maximum atomic E-state index is 4.50. The van der Waals surface area contributed by atoms with Gasteiger partial charge in [0.05, 0.1) is 11.6 Å². The Morgan fingerprint density at radius 3 is 2.65 bits per heavy atom. The van der Waals surface area contributed by atoms with Crippen LogP contribution in [0.25, 0.3) is 0 Å². The molecule has 1 aromatic rings. The van der Waals surface area contributed by atoms with E-state index >= 15 is 0 Å². The molecule has 1 saturated carbocycles. The summed E-state index contributed by atoms with van der Waals surface area (Å²) < 4.78 is 0. The summed E-state index contributed by atoms with van der Waals surface area (Å²) >= 11 is 1.80. The van der Waals surface area contributed by atoms with Crippen LogP contribution in [0.1, 0.15) is 56.3 Å². The molecular formula is C17H31IN4S. The number of hydrogen-bond donors (Lipinski definition) is 2. The molecule has 2 N–H and O–H groups in total. The highest BCUT2D eigenvalue weighted by molar-refractivity contribution is 14.0. The minimum atomic E-state index is 0. The van der Waals surface area contributed by atoms with Crippen molar-refractivity contribution in [1.29, 1.82) is 0 Å². The summed E-state index contributed by atoms with van der Waals surface area (Å²) in [5.74, 6) is 1.56. The van der Waals surface area contributed by atoms with Crippen LogP contribution in [0.5, 0.6) is 0 Å². The molecule has 0 bridgehead atoms. The molecule has 1 fully saturated rings. The summed E-state index contributed by atoms with van der Waals surface area (Å²) in [5, 5.41) is 8.13. The number of nitrogens with one attached hydrogen (secondary N) is 2. The number of thiazole rings is 1. The van der Waals surface area contributed by atoms with E-state index in [1.165, 1.54) is 35.6 Å². The minimum absolute atomic E-state index is 0. The lowest BCUT2D eigenvalue weighted by Crippen LogP contribution is -2.45. The molecule has 1 heterocycles. The SMILES string of the molecule is CCC1(CNC(=NC)NCc2cnc(CC(C)C)s2)CCC1.I. The van der Waals surface area contributed by atoms with Gasteiger partial charge in [0, 0.05) is 31.1 Å². The minimum Gasteiger partial charge on any atom is -0.356 e. The number of halogens is 1. The van der Waals surface area contributed by atoms with Gasteiger partial charge in [-0.15, -0.1) is 35.3 Å². The third kappa shape index (κ3) is 6.21. The number of guanidine groups is 1. The fourth-order valence-electron chi connectivity index (χ4n) is 2.87. The molecule has 0 amide bonds. The molecule has 0 aromatic carbocycles. The molecule has 132 valence electrons. The van der Waals surface area contributed by atoms with Crippen molar-refractivity contribution in [3.63, 3.8) is 0 Å². The zero-order valence-electron chi connectivity index (χ0n) is 14.8. The fraction of sp³-hybridized carbons (Fsp3) is 0.765. The van der Waals surface area contributed by atoms with E-state index < -0.39 is 0 Å². The molecule has 0 radical (unpaired) electrons. The van der Waals surface area contributed by atoms with E-state index in [1.54, 1.807) is 11.3 Å². The van der Waals surface area contributed by atoms with E-state index in [9.17, 15) is 0 Å². The molecule has 4 nitrogen and oxygen atoms in total. The summed E-state index contributed by atoms with van der Waals surface area (Å²) in [6.45, 7) is 8.59. The van der Waals surface area contributed by atoms with Gasteiger partial charge in [0.25, 0.3) is 0 Å². The van der Waals surface area contributed by atoms with Crippen LogP contribution in [0.3, 0.4) is 0 Å². The van der Waals surface area contributed by atoms with Crippen molar-refractivity contribution in [2.75, 3.05) is 13.6 Å². The largest absolute Gasteiger partial charge is 0.356 e. The van der Waals surface area contributed by atoms with Gasteiger partial charge in [0.15, 0.2) is 5.96 Å². The van der Waals surface area contributed by atoms with Crippen molar-refractivity contribution in [3.05, 3.63) is 16.1 Å². The van der Waals surface area contributed by atoms with Crippen LogP contribution in [0.15, 0.2) is 11.2 Å². The van der Waals surface area contributed by atoms with Crippen LogP contribution < -0.4 is 10.6 Å². The van der Waals surface area contributed by atoms with Crippen molar-refractivity contribution >= 4 is 41.3 Å². The Balaban J connectivity index is 0.00000264. The molecule has 0 spiro atoms. The predicted octanol–water partition coefficient (Wildman–Crippen LogP) is 4.20. The fourth-order valence-corrected chi connectivity index (χ4v) is 3.94. The van der Waals surface area contributed by atoms with E-state index in [0.717, 1.165) is 25.5 Å². The van der Waals surface area contributed by atoms with Crippen molar-refractivity contribution in [2.45, 2.75) is 59.4 Å². The van der Waals surface area contributed by atoms with E-state index in [-0.39, 0.29) is 24.0 Å². The zero-order chi connectivity index (χ0) is 16.0. The highest BCUT2D eigenvalue weighted by Crippen LogP contribution is 2.42. The second kappa shape index (κ2) is 9.81. The quantitative estimate of drug-likeness (QED) is 0.372. The number of rotatable bonds is 7. The average Bonchev–Trinajstić information content (AvgIpc) is 2.88. The summed E-state index contributed by atoms with van der Waals surface area (Å²) in [5.41, 5.74) is 0.506. The van der Waals surface area contributed by atoms with Crippen LogP contribution >= 0.6 is 35.3 Å². The zero-order valence-corrected chi connectivity index (χ0v) is 18.0. The van der Waals surface area contributed by atoms with Gasteiger partial charge in [0.1, 0.15) is 0 Å². The first-order chi connectivity index (χ1) is 10.6. The number of hydrogen-bond acceptors (Lipinski definition) is 3. The van der Waals surface area contributed by atoms with Crippen LogP contribution in [0.4, 0.5) is 0 Å². The second-order valence-electron chi connectivity index (χ2n) is 6.80. The Hall–Kier alpha value is -0.370. The second-order valence-corrected chi connectivity index (χ2v) is 8.00. The van der Waals surface area contributed by atoms with Crippen molar-refractivity contribution in [1.82, 2.24) is 15.6 Å². The van der Waals surface area contributed by atoms with Gasteiger partial charge in [-0.3, -0.25) is 4.99 Å². The van der Waals surface area contributed by atoms with E-state index in [1.807, 2.05) is 13.2 Å². The van der Waals surface area contributed by atoms with Crippen LogP contribution in [-0.2, 0) is 13.0 Å². The standard InChI is InChI=1S/C17H30N4S.HI/c1-5-17(7-6-8-17)12-21-16(18-4)20-11-14-10-19-15(22-14)9-13(2)3;/h10,13H,5-9,11-12H2,1-4H3,(H2,18,20,21);1H. The topological polar surface area (TPSA) is 49.3 Å². The summed E-state index contributed by atoms with van der Waals surface area (Å²) in [7, 11) is 1.84. The van der Waals surface area contributed by atoms with E-state index in [0.29, 0.717) is 11.3 Å². The Labute approximate surface area is 162 Å². The summed E-state index contributed by atoms with van der Waals surface area (Å²) in [4.78, 5) is 10.1. The lowest BCUT2D eigenvalue weighted by atomic mass is 9.67. The van der Waals surface area contributed by atoms with Gasteiger partial charge in [-0.05, 0) is 30.6 Å². The van der Waals surface area contributed by atoms with Gasteiger partial charge in [-0.1, -0.05) is 27.2 Å². The maximum absolute atomic E-state index is 4.50. The van der Waals surface area contributed by atoms with Gasteiger partial charge >= 0.3 is 0 Å². The molecule has 1 aliphatic carbocycles. The lowest BCUT2D eigenvalue weighted by molar-refractivity contribution is 0.131. The first kappa shape index (κ1) is 20.7. The van der Waals surface area contributed by atoms with Crippen molar-refractivity contribution in [2.24, 2.45) is 16.3 Å².